The predicted molar refractivity (Wildman–Crippen MR) is 48.6 cm³/mol. The first-order valence-corrected chi connectivity index (χ1v) is 3.77. The van der Waals surface area contributed by atoms with Crippen molar-refractivity contribution in [1.82, 2.24) is 9.97 Å². The van der Waals surface area contributed by atoms with E-state index in [0.717, 1.165) is 5.82 Å². The summed E-state index contributed by atoms with van der Waals surface area (Å²) in [5.74, 6) is 6.45. The molecule has 5 heteroatoms. The molecule has 0 saturated carbocycles. The summed E-state index contributed by atoms with van der Waals surface area (Å²) >= 11 is 0. The van der Waals surface area contributed by atoms with Gasteiger partial charge in [0.2, 0.25) is 0 Å². The van der Waals surface area contributed by atoms with E-state index in [0.29, 0.717) is 11.9 Å². The van der Waals surface area contributed by atoms with E-state index in [9.17, 15) is 0 Å². The number of nitrogens with two attached hydrogens (primary N) is 1. The van der Waals surface area contributed by atoms with Gasteiger partial charge in [0.15, 0.2) is 5.82 Å². The van der Waals surface area contributed by atoms with Crippen molar-refractivity contribution in [1.29, 1.82) is 0 Å². The zero-order valence-corrected chi connectivity index (χ0v) is 7.20. The van der Waals surface area contributed by atoms with Gasteiger partial charge in [-0.3, -0.25) is 4.98 Å². The van der Waals surface area contributed by atoms with Crippen LogP contribution in [-0.4, -0.2) is 16.0 Å². The number of hydrogen-bond donors (Lipinski definition) is 3. The molecule has 1 rings (SSSR count). The zero-order valence-electron chi connectivity index (χ0n) is 7.20. The van der Waals surface area contributed by atoms with E-state index in [1.165, 1.54) is 0 Å². The molecule has 12 heavy (non-hydrogen) atoms. The van der Waals surface area contributed by atoms with E-state index in [4.69, 9.17) is 5.84 Å². The van der Waals surface area contributed by atoms with Crippen molar-refractivity contribution < 1.29 is 0 Å². The molecule has 66 valence electrons. The van der Waals surface area contributed by atoms with E-state index in [-0.39, 0.29) is 0 Å². The molecule has 0 fully saturated rings. The minimum absolute atomic E-state index is 0.340. The lowest BCUT2D eigenvalue weighted by atomic mass is 10.4. The van der Waals surface area contributed by atoms with Gasteiger partial charge < -0.3 is 10.7 Å². The van der Waals surface area contributed by atoms with Crippen LogP contribution in [0.15, 0.2) is 12.4 Å². The van der Waals surface area contributed by atoms with Gasteiger partial charge in [-0.2, -0.15) is 0 Å². The van der Waals surface area contributed by atoms with E-state index in [2.05, 4.69) is 20.7 Å². The normalized spacial score (nSPS) is 10.0. The second-order valence-corrected chi connectivity index (χ2v) is 2.73. The van der Waals surface area contributed by atoms with E-state index in [1.54, 1.807) is 12.4 Å². The molecule has 0 saturated heterocycles. The molecule has 0 aliphatic heterocycles. The second-order valence-electron chi connectivity index (χ2n) is 2.73. The van der Waals surface area contributed by atoms with Crippen LogP contribution >= 0.6 is 0 Å². The summed E-state index contributed by atoms with van der Waals surface area (Å²) in [6.07, 6.45) is 3.21. The van der Waals surface area contributed by atoms with Crippen LogP contribution in [-0.2, 0) is 0 Å². The quantitative estimate of drug-likeness (QED) is 0.453. The maximum atomic E-state index is 5.17. The Bertz CT molecular complexity index is 247. The minimum atomic E-state index is 0.340. The molecule has 5 nitrogen and oxygen atoms in total. The van der Waals surface area contributed by atoms with E-state index in [1.807, 2.05) is 13.8 Å². The van der Waals surface area contributed by atoms with Crippen molar-refractivity contribution in [3.05, 3.63) is 12.4 Å². The van der Waals surface area contributed by atoms with Gasteiger partial charge in [0.25, 0.3) is 0 Å². The van der Waals surface area contributed by atoms with Crippen LogP contribution in [0.4, 0.5) is 11.6 Å². The van der Waals surface area contributed by atoms with Crippen LogP contribution in [0, 0.1) is 0 Å². The molecule has 0 aromatic carbocycles. The lowest BCUT2D eigenvalue weighted by molar-refractivity contribution is 0.885. The summed E-state index contributed by atoms with van der Waals surface area (Å²) in [5, 5.41) is 3.11. The Morgan fingerprint density at radius 3 is 2.58 bits per heavy atom. The fourth-order valence-electron chi connectivity index (χ4n) is 0.801. The van der Waals surface area contributed by atoms with E-state index < -0.39 is 0 Å². The molecule has 4 N–H and O–H groups in total. The third-order valence-corrected chi connectivity index (χ3v) is 1.22. The Morgan fingerprint density at radius 1 is 1.33 bits per heavy atom. The molecule has 1 aromatic rings. The summed E-state index contributed by atoms with van der Waals surface area (Å²) in [6.45, 7) is 4.06. The Balaban J connectivity index is 2.72. The molecular weight excluding hydrogens is 154 g/mol. The zero-order chi connectivity index (χ0) is 8.97. The van der Waals surface area contributed by atoms with Gasteiger partial charge in [0.05, 0.1) is 12.4 Å². The van der Waals surface area contributed by atoms with Crippen molar-refractivity contribution in [2.45, 2.75) is 19.9 Å². The van der Waals surface area contributed by atoms with Gasteiger partial charge in [-0.25, -0.2) is 10.8 Å². The molecule has 0 radical (unpaired) electrons. The van der Waals surface area contributed by atoms with Crippen molar-refractivity contribution in [2.75, 3.05) is 10.7 Å². The first-order valence-electron chi connectivity index (χ1n) is 3.77. The van der Waals surface area contributed by atoms with Gasteiger partial charge in [-0.1, -0.05) is 0 Å². The van der Waals surface area contributed by atoms with Gasteiger partial charge in [0, 0.05) is 6.04 Å². The number of rotatable bonds is 3. The molecule has 0 amide bonds. The highest BCUT2D eigenvalue weighted by molar-refractivity contribution is 5.40. The Hall–Kier alpha value is -1.36. The Kier molecular flexibility index (Phi) is 2.82. The molecule has 1 heterocycles. The third kappa shape index (κ3) is 2.35. The van der Waals surface area contributed by atoms with Crippen LogP contribution < -0.4 is 16.6 Å². The maximum absolute atomic E-state index is 5.17. The number of nitrogens with zero attached hydrogens (tertiary/aromatic N) is 2. The van der Waals surface area contributed by atoms with Crippen LogP contribution in [0.5, 0.6) is 0 Å². The molecule has 1 aromatic heterocycles. The van der Waals surface area contributed by atoms with Crippen molar-refractivity contribution >= 4 is 11.6 Å². The standard InChI is InChI=1S/C7H13N5/c1-5(2)10-6-3-9-4-7(11-6)12-8/h3-5H,8H2,1-2H3,(H2,10,11,12). The fourth-order valence-corrected chi connectivity index (χ4v) is 0.801. The van der Waals surface area contributed by atoms with Gasteiger partial charge in [-0.05, 0) is 13.8 Å². The lowest BCUT2D eigenvalue weighted by Crippen LogP contribution is -2.14. The SMILES string of the molecule is CC(C)Nc1cncc(NN)n1. The monoisotopic (exact) mass is 167 g/mol. The summed E-state index contributed by atoms with van der Waals surface area (Å²) in [7, 11) is 0. The topological polar surface area (TPSA) is 75.9 Å². The third-order valence-electron chi connectivity index (χ3n) is 1.22. The number of aromatic nitrogens is 2. The van der Waals surface area contributed by atoms with Crippen molar-refractivity contribution in [2.24, 2.45) is 5.84 Å². The molecular formula is C7H13N5. The first kappa shape index (κ1) is 8.73. The Morgan fingerprint density at radius 2 is 2.00 bits per heavy atom. The molecule has 0 aliphatic carbocycles. The number of nitrogen functional groups attached to an aromatic ring is 1. The highest BCUT2D eigenvalue weighted by Crippen LogP contribution is 2.05. The number of hydrazine groups is 1. The molecule has 0 aliphatic rings. The summed E-state index contributed by atoms with van der Waals surface area (Å²) in [5.41, 5.74) is 2.43. The summed E-state index contributed by atoms with van der Waals surface area (Å²) in [4.78, 5) is 8.06. The second kappa shape index (κ2) is 3.87. The van der Waals surface area contributed by atoms with Crippen LogP contribution in [0.1, 0.15) is 13.8 Å². The number of nitrogens with one attached hydrogen (secondary N) is 2. The van der Waals surface area contributed by atoms with E-state index >= 15 is 0 Å². The average Bonchev–Trinajstić information content (AvgIpc) is 2.03. The fraction of sp³-hybridized carbons (Fsp3) is 0.429. The molecule has 0 bridgehead atoms. The average molecular weight is 167 g/mol. The largest absolute Gasteiger partial charge is 0.367 e. The van der Waals surface area contributed by atoms with Gasteiger partial charge in [-0.15, -0.1) is 0 Å². The smallest absolute Gasteiger partial charge is 0.160 e. The number of hydrogen-bond acceptors (Lipinski definition) is 5. The molecule has 0 unspecified atom stereocenters. The predicted octanol–water partition coefficient (Wildman–Crippen LogP) is 0.582. The highest BCUT2D eigenvalue weighted by atomic mass is 15.3. The summed E-state index contributed by atoms with van der Waals surface area (Å²) in [6, 6.07) is 0.340. The van der Waals surface area contributed by atoms with Crippen LogP contribution in [0.2, 0.25) is 0 Å². The number of anilines is 2. The molecule has 0 atom stereocenters. The highest BCUT2D eigenvalue weighted by Gasteiger charge is 1.97. The van der Waals surface area contributed by atoms with Gasteiger partial charge in [0.1, 0.15) is 5.82 Å². The van der Waals surface area contributed by atoms with Crippen LogP contribution in [0.3, 0.4) is 0 Å². The first-order chi connectivity index (χ1) is 5.72. The van der Waals surface area contributed by atoms with Crippen molar-refractivity contribution in [3.63, 3.8) is 0 Å². The minimum Gasteiger partial charge on any atom is -0.367 e. The van der Waals surface area contributed by atoms with Crippen LogP contribution in [0.25, 0.3) is 0 Å². The lowest BCUT2D eigenvalue weighted by Gasteiger charge is -2.08. The van der Waals surface area contributed by atoms with Crippen molar-refractivity contribution in [3.8, 4) is 0 Å². The van der Waals surface area contributed by atoms with Gasteiger partial charge >= 0.3 is 0 Å². The maximum Gasteiger partial charge on any atom is 0.160 e. The Labute approximate surface area is 71.4 Å². The summed E-state index contributed by atoms with van der Waals surface area (Å²) < 4.78 is 0. The molecule has 0 spiro atoms.